The maximum Gasteiger partial charge on any atom is 0.458 e. The Morgan fingerprint density at radius 1 is 1.43 bits per heavy atom. The van der Waals surface area contributed by atoms with Crippen LogP contribution in [0, 0.1) is 5.92 Å². The molecule has 0 amide bonds. The summed E-state index contributed by atoms with van der Waals surface area (Å²) in [6, 6.07) is 0. The quantitative estimate of drug-likeness (QED) is 0.661. The Bertz CT molecular complexity index is 276. The van der Waals surface area contributed by atoms with Gasteiger partial charge in [0.1, 0.15) is 0 Å². The Morgan fingerprint density at radius 3 is 2.79 bits per heavy atom. The first kappa shape index (κ1) is 9.76. The van der Waals surface area contributed by atoms with E-state index in [0.29, 0.717) is 18.6 Å². The van der Waals surface area contributed by atoms with Crippen molar-refractivity contribution >= 4 is 5.71 Å². The van der Waals surface area contributed by atoms with Crippen LogP contribution in [0.15, 0.2) is 5.16 Å². The molecule has 3 nitrogen and oxygen atoms in total. The van der Waals surface area contributed by atoms with Crippen LogP contribution >= 0.6 is 0 Å². The molecule has 0 aromatic rings. The second kappa shape index (κ2) is 2.85. The van der Waals surface area contributed by atoms with E-state index in [1.807, 2.05) is 0 Å². The number of fused-ring (bicyclic) bond motifs is 1. The molecular weight excluding hydrogens is 199 g/mol. The van der Waals surface area contributed by atoms with Gasteiger partial charge >= 0.3 is 12.0 Å². The van der Waals surface area contributed by atoms with Crippen LogP contribution in [0.3, 0.4) is 0 Å². The molecule has 0 bridgehead atoms. The fourth-order valence-corrected chi connectivity index (χ4v) is 1.97. The number of alkyl halides is 3. The van der Waals surface area contributed by atoms with Crippen molar-refractivity contribution in [3.63, 3.8) is 0 Å². The van der Waals surface area contributed by atoms with Crippen molar-refractivity contribution in [2.45, 2.75) is 37.6 Å². The second-order valence-corrected chi connectivity index (χ2v) is 3.67. The molecular formula is C8H10F3NO2. The number of oxime groups is 1. The summed E-state index contributed by atoms with van der Waals surface area (Å²) in [5, 5.41) is 12.7. The average molecular weight is 209 g/mol. The van der Waals surface area contributed by atoms with Gasteiger partial charge in [-0.05, 0) is 19.3 Å². The van der Waals surface area contributed by atoms with Crippen LogP contribution in [-0.4, -0.2) is 22.8 Å². The van der Waals surface area contributed by atoms with Gasteiger partial charge in [-0.25, -0.2) is 0 Å². The van der Waals surface area contributed by atoms with E-state index in [4.69, 9.17) is 0 Å². The molecule has 2 aliphatic rings. The maximum atomic E-state index is 12.5. The van der Waals surface area contributed by atoms with Crippen LogP contribution < -0.4 is 0 Å². The highest BCUT2D eigenvalue weighted by atomic mass is 19.4. The Hall–Kier alpha value is -0.780. The minimum Gasteiger partial charge on any atom is -0.350 e. The molecule has 1 N–H and O–H groups in total. The standard InChI is InChI=1S/C8H10F3NO2/c9-8(10,11)7(13)5-3-1-2-4-6(5)12-14-7/h5,13H,1-4H2/t5-,7+/m1/s1. The lowest BCUT2D eigenvalue weighted by atomic mass is 9.82. The summed E-state index contributed by atoms with van der Waals surface area (Å²) in [5.74, 6) is -4.08. The average Bonchev–Trinajstić information content (AvgIpc) is 2.45. The summed E-state index contributed by atoms with van der Waals surface area (Å²) in [4.78, 5) is 4.17. The molecule has 1 heterocycles. The summed E-state index contributed by atoms with van der Waals surface area (Å²) in [6.45, 7) is 0. The highest BCUT2D eigenvalue weighted by molar-refractivity contribution is 5.89. The summed E-state index contributed by atoms with van der Waals surface area (Å²) in [7, 11) is 0. The van der Waals surface area contributed by atoms with E-state index in [9.17, 15) is 18.3 Å². The van der Waals surface area contributed by atoms with Gasteiger partial charge in [0.2, 0.25) is 0 Å². The van der Waals surface area contributed by atoms with Gasteiger partial charge in [0.15, 0.2) is 0 Å². The Morgan fingerprint density at radius 2 is 2.14 bits per heavy atom. The van der Waals surface area contributed by atoms with Gasteiger partial charge < -0.3 is 9.94 Å². The molecule has 0 saturated heterocycles. The molecule has 0 unspecified atom stereocenters. The SMILES string of the molecule is O[C@]1(C(F)(F)F)ON=C2CCCC[C@H]21. The van der Waals surface area contributed by atoms with E-state index in [2.05, 4.69) is 9.99 Å². The van der Waals surface area contributed by atoms with Crippen LogP contribution in [0.1, 0.15) is 25.7 Å². The predicted molar refractivity (Wildman–Crippen MR) is 41.5 cm³/mol. The van der Waals surface area contributed by atoms with E-state index >= 15 is 0 Å². The third-order valence-corrected chi connectivity index (χ3v) is 2.76. The third kappa shape index (κ3) is 1.20. The Kier molecular flexibility index (Phi) is 1.99. The number of hydrogen-bond donors (Lipinski definition) is 1. The molecule has 14 heavy (non-hydrogen) atoms. The fourth-order valence-electron chi connectivity index (χ4n) is 1.97. The number of hydrogen-bond acceptors (Lipinski definition) is 3. The van der Waals surface area contributed by atoms with Gasteiger partial charge in [-0.15, -0.1) is 0 Å². The topological polar surface area (TPSA) is 41.8 Å². The first-order valence-electron chi connectivity index (χ1n) is 4.49. The summed E-state index contributed by atoms with van der Waals surface area (Å²) in [5.41, 5.74) is 0.344. The largest absolute Gasteiger partial charge is 0.458 e. The molecule has 1 fully saturated rings. The van der Waals surface area contributed by atoms with Crippen molar-refractivity contribution in [2.24, 2.45) is 11.1 Å². The van der Waals surface area contributed by atoms with Crippen molar-refractivity contribution in [3.05, 3.63) is 0 Å². The number of aliphatic hydroxyl groups is 1. The Balaban J connectivity index is 2.25. The molecule has 1 saturated carbocycles. The molecule has 2 atom stereocenters. The second-order valence-electron chi connectivity index (χ2n) is 3.67. The van der Waals surface area contributed by atoms with Crippen molar-refractivity contribution in [3.8, 4) is 0 Å². The van der Waals surface area contributed by atoms with Crippen LogP contribution in [-0.2, 0) is 4.84 Å². The molecule has 0 radical (unpaired) electrons. The lowest BCUT2D eigenvalue weighted by Crippen LogP contribution is -2.52. The Labute approximate surface area is 78.5 Å². The summed E-state index contributed by atoms with van der Waals surface area (Å²) in [6.07, 6.45) is -2.52. The molecule has 0 spiro atoms. The van der Waals surface area contributed by atoms with Crippen molar-refractivity contribution in [1.82, 2.24) is 0 Å². The fraction of sp³-hybridized carbons (Fsp3) is 0.875. The normalized spacial score (nSPS) is 37.4. The number of rotatable bonds is 0. The van der Waals surface area contributed by atoms with E-state index < -0.39 is 17.9 Å². The highest BCUT2D eigenvalue weighted by Gasteiger charge is 2.66. The van der Waals surface area contributed by atoms with Gasteiger partial charge in [0, 0.05) is 0 Å². The summed E-state index contributed by atoms with van der Waals surface area (Å²) < 4.78 is 37.4. The number of halogens is 3. The predicted octanol–water partition coefficient (Wildman–Crippen LogP) is 1.81. The van der Waals surface area contributed by atoms with Gasteiger partial charge in [0.25, 0.3) is 0 Å². The van der Waals surface area contributed by atoms with Crippen molar-refractivity contribution < 1.29 is 23.1 Å². The first-order chi connectivity index (χ1) is 6.45. The molecule has 6 heteroatoms. The van der Waals surface area contributed by atoms with Crippen LogP contribution in [0.2, 0.25) is 0 Å². The monoisotopic (exact) mass is 209 g/mol. The van der Waals surface area contributed by atoms with Gasteiger partial charge in [-0.1, -0.05) is 11.6 Å². The molecule has 0 aromatic heterocycles. The summed E-state index contributed by atoms with van der Waals surface area (Å²) >= 11 is 0. The minimum absolute atomic E-state index is 0.287. The highest BCUT2D eigenvalue weighted by Crippen LogP contribution is 2.46. The van der Waals surface area contributed by atoms with E-state index in [-0.39, 0.29) is 6.42 Å². The zero-order valence-electron chi connectivity index (χ0n) is 7.34. The van der Waals surface area contributed by atoms with E-state index in [1.165, 1.54) is 0 Å². The van der Waals surface area contributed by atoms with Gasteiger partial charge in [-0.3, -0.25) is 0 Å². The van der Waals surface area contributed by atoms with E-state index in [1.54, 1.807) is 0 Å². The van der Waals surface area contributed by atoms with Crippen LogP contribution in [0.4, 0.5) is 13.2 Å². The smallest absolute Gasteiger partial charge is 0.350 e. The van der Waals surface area contributed by atoms with Crippen molar-refractivity contribution in [2.75, 3.05) is 0 Å². The number of nitrogens with zero attached hydrogens (tertiary/aromatic N) is 1. The minimum atomic E-state index is -4.78. The van der Waals surface area contributed by atoms with Crippen molar-refractivity contribution in [1.29, 1.82) is 0 Å². The molecule has 1 aliphatic carbocycles. The van der Waals surface area contributed by atoms with E-state index in [0.717, 1.165) is 6.42 Å². The van der Waals surface area contributed by atoms with Crippen LogP contribution in [0.25, 0.3) is 0 Å². The molecule has 1 aliphatic heterocycles. The van der Waals surface area contributed by atoms with Gasteiger partial charge in [-0.2, -0.15) is 13.2 Å². The maximum absolute atomic E-state index is 12.5. The zero-order valence-corrected chi connectivity index (χ0v) is 7.34. The zero-order chi connectivity index (χ0) is 10.4. The first-order valence-corrected chi connectivity index (χ1v) is 4.49. The third-order valence-electron chi connectivity index (χ3n) is 2.76. The molecule has 80 valence electrons. The molecule has 0 aromatic carbocycles. The molecule has 2 rings (SSSR count). The lowest BCUT2D eigenvalue weighted by molar-refractivity contribution is -0.370. The van der Waals surface area contributed by atoms with Gasteiger partial charge in [0.05, 0.1) is 11.6 Å². The lowest BCUT2D eigenvalue weighted by Gasteiger charge is -2.31. The van der Waals surface area contributed by atoms with Crippen LogP contribution in [0.5, 0.6) is 0 Å².